The second-order valence-electron chi connectivity index (χ2n) is 6.82. The number of nitrogens with zero attached hydrogens (tertiary/aromatic N) is 1. The van der Waals surface area contributed by atoms with Gasteiger partial charge in [-0.3, -0.25) is 0 Å². The molecule has 3 nitrogen and oxygen atoms in total. The lowest BCUT2D eigenvalue weighted by Gasteiger charge is -2.32. The topological polar surface area (TPSA) is 37.4 Å². The van der Waals surface area contributed by atoms with E-state index in [1.54, 1.807) is 15.6 Å². The van der Waals surface area contributed by atoms with E-state index < -0.39 is 10.0 Å². The van der Waals surface area contributed by atoms with Crippen LogP contribution in [0.2, 0.25) is 0 Å². The van der Waals surface area contributed by atoms with Crippen LogP contribution in [0.5, 0.6) is 0 Å². The van der Waals surface area contributed by atoms with Crippen LogP contribution in [0.25, 0.3) is 0 Å². The summed E-state index contributed by atoms with van der Waals surface area (Å²) >= 11 is 1.71. The van der Waals surface area contributed by atoms with Crippen LogP contribution in [0, 0.1) is 27.7 Å². The molecule has 0 radical (unpaired) electrons. The molecular weight excluding hydrogens is 338 g/mol. The van der Waals surface area contributed by atoms with Crippen LogP contribution in [-0.4, -0.2) is 25.8 Å². The van der Waals surface area contributed by atoms with E-state index in [9.17, 15) is 8.42 Å². The molecule has 1 aromatic carbocycles. The first-order chi connectivity index (χ1) is 11.3. The average molecular weight is 364 g/mol. The molecule has 1 aliphatic rings. The Hall–Kier alpha value is -1.17. The Balaban J connectivity index is 1.88. The Kier molecular flexibility index (Phi) is 4.87. The molecule has 130 valence electrons. The van der Waals surface area contributed by atoms with Crippen molar-refractivity contribution in [2.24, 2.45) is 0 Å². The SMILES string of the molecule is Cc1cc(C)c(C)c(S(=O)(=O)N2CCC(c3ccsc3)CC2)c1C. The maximum Gasteiger partial charge on any atom is 0.243 e. The van der Waals surface area contributed by atoms with Crippen molar-refractivity contribution in [1.82, 2.24) is 4.31 Å². The van der Waals surface area contributed by atoms with Crippen molar-refractivity contribution in [3.63, 3.8) is 0 Å². The van der Waals surface area contributed by atoms with Crippen LogP contribution < -0.4 is 0 Å². The fraction of sp³-hybridized carbons (Fsp3) is 0.474. The third-order valence-corrected chi connectivity index (χ3v) is 8.24. The fourth-order valence-corrected chi connectivity index (χ4v) is 6.42. The van der Waals surface area contributed by atoms with Crippen LogP contribution in [0.3, 0.4) is 0 Å². The minimum absolute atomic E-state index is 0.490. The summed E-state index contributed by atoms with van der Waals surface area (Å²) in [6.45, 7) is 9.04. The van der Waals surface area contributed by atoms with Crippen molar-refractivity contribution in [3.8, 4) is 0 Å². The molecular formula is C19H25NO2S2. The van der Waals surface area contributed by atoms with Gasteiger partial charge in [-0.15, -0.1) is 0 Å². The number of rotatable bonds is 3. The van der Waals surface area contributed by atoms with Crippen LogP contribution in [-0.2, 0) is 10.0 Å². The minimum atomic E-state index is -3.42. The fourth-order valence-electron chi connectivity index (χ4n) is 3.63. The van der Waals surface area contributed by atoms with E-state index in [1.807, 2.05) is 27.7 Å². The third kappa shape index (κ3) is 3.05. The molecule has 0 N–H and O–H groups in total. The Bertz CT molecular complexity index is 804. The van der Waals surface area contributed by atoms with Crippen LogP contribution in [0.1, 0.15) is 46.6 Å². The Morgan fingerprint density at radius 3 is 2.12 bits per heavy atom. The zero-order valence-corrected chi connectivity index (χ0v) is 16.4. The van der Waals surface area contributed by atoms with Gasteiger partial charge in [0.25, 0.3) is 0 Å². The minimum Gasteiger partial charge on any atom is -0.207 e. The second-order valence-corrected chi connectivity index (χ2v) is 9.48. The third-order valence-electron chi connectivity index (χ3n) is 5.36. The molecule has 1 aliphatic heterocycles. The van der Waals surface area contributed by atoms with Gasteiger partial charge in [0.2, 0.25) is 10.0 Å². The smallest absolute Gasteiger partial charge is 0.207 e. The molecule has 2 heterocycles. The summed E-state index contributed by atoms with van der Waals surface area (Å²) in [5.74, 6) is 0.490. The molecule has 2 aromatic rings. The van der Waals surface area contributed by atoms with Gasteiger partial charge >= 0.3 is 0 Å². The molecule has 0 unspecified atom stereocenters. The number of sulfonamides is 1. The van der Waals surface area contributed by atoms with Crippen molar-refractivity contribution in [2.75, 3.05) is 13.1 Å². The molecule has 0 bridgehead atoms. The number of benzene rings is 1. The van der Waals surface area contributed by atoms with Gasteiger partial charge in [-0.25, -0.2) is 8.42 Å². The first-order valence-corrected chi connectivity index (χ1v) is 10.8. The largest absolute Gasteiger partial charge is 0.243 e. The molecule has 0 saturated carbocycles. The second kappa shape index (κ2) is 6.62. The maximum absolute atomic E-state index is 13.3. The van der Waals surface area contributed by atoms with E-state index in [4.69, 9.17) is 0 Å². The average Bonchev–Trinajstić information content (AvgIpc) is 3.07. The van der Waals surface area contributed by atoms with Gasteiger partial charge in [0.05, 0.1) is 4.90 Å². The number of thiophene rings is 1. The number of piperidine rings is 1. The first-order valence-electron chi connectivity index (χ1n) is 8.42. The van der Waals surface area contributed by atoms with Gasteiger partial charge < -0.3 is 0 Å². The summed E-state index contributed by atoms with van der Waals surface area (Å²) < 4.78 is 28.2. The van der Waals surface area contributed by atoms with Crippen LogP contribution >= 0.6 is 11.3 Å². The molecule has 1 aromatic heterocycles. The molecule has 0 atom stereocenters. The molecule has 0 amide bonds. The van der Waals surface area contributed by atoms with Crippen LogP contribution in [0.15, 0.2) is 27.8 Å². The maximum atomic E-state index is 13.3. The Morgan fingerprint density at radius 1 is 1.04 bits per heavy atom. The van der Waals surface area contributed by atoms with Crippen LogP contribution in [0.4, 0.5) is 0 Å². The molecule has 5 heteroatoms. The molecule has 1 saturated heterocycles. The summed E-state index contributed by atoms with van der Waals surface area (Å²) in [5, 5.41) is 4.29. The number of aryl methyl sites for hydroxylation is 2. The van der Waals surface area contributed by atoms with Crippen molar-refractivity contribution >= 4 is 21.4 Å². The van der Waals surface area contributed by atoms with E-state index >= 15 is 0 Å². The summed E-state index contributed by atoms with van der Waals surface area (Å²) in [6.07, 6.45) is 1.80. The monoisotopic (exact) mass is 363 g/mol. The molecule has 24 heavy (non-hydrogen) atoms. The lowest BCUT2D eigenvalue weighted by atomic mass is 9.92. The van der Waals surface area contributed by atoms with Gasteiger partial charge in [-0.05, 0) is 91.1 Å². The van der Waals surface area contributed by atoms with E-state index in [0.717, 1.165) is 35.1 Å². The summed E-state index contributed by atoms with van der Waals surface area (Å²) in [5.41, 5.74) is 5.22. The van der Waals surface area contributed by atoms with Crippen molar-refractivity contribution < 1.29 is 8.42 Å². The van der Waals surface area contributed by atoms with Crippen molar-refractivity contribution in [2.45, 2.75) is 51.3 Å². The normalized spacial score (nSPS) is 17.3. The standard InChI is InChI=1S/C19H25NO2S2/c1-13-11-14(2)16(4)19(15(13)3)24(21,22)20-8-5-17(6-9-20)18-7-10-23-12-18/h7,10-12,17H,5-6,8-9H2,1-4H3. The first kappa shape index (κ1) is 17.6. The molecule has 0 spiro atoms. The quantitative estimate of drug-likeness (QED) is 0.802. The van der Waals surface area contributed by atoms with Crippen molar-refractivity contribution in [1.29, 1.82) is 0 Å². The van der Waals surface area contributed by atoms with E-state index in [-0.39, 0.29) is 0 Å². The Labute approximate surface area is 149 Å². The highest BCUT2D eigenvalue weighted by Crippen LogP contribution is 2.34. The predicted octanol–water partition coefficient (Wildman–Crippen LogP) is 4.55. The summed E-state index contributed by atoms with van der Waals surface area (Å²) in [4.78, 5) is 0.522. The van der Waals surface area contributed by atoms with Gasteiger partial charge in [0, 0.05) is 13.1 Å². The zero-order valence-electron chi connectivity index (χ0n) is 14.8. The summed E-state index contributed by atoms with van der Waals surface area (Å²) in [6, 6.07) is 4.24. The van der Waals surface area contributed by atoms with Gasteiger partial charge in [0.1, 0.15) is 0 Å². The predicted molar refractivity (Wildman–Crippen MR) is 100 cm³/mol. The number of hydrogen-bond donors (Lipinski definition) is 0. The van der Waals surface area contributed by atoms with E-state index in [1.165, 1.54) is 5.56 Å². The highest BCUT2D eigenvalue weighted by molar-refractivity contribution is 7.89. The van der Waals surface area contributed by atoms with Crippen molar-refractivity contribution in [3.05, 3.63) is 50.7 Å². The lowest BCUT2D eigenvalue weighted by molar-refractivity contribution is 0.319. The van der Waals surface area contributed by atoms with E-state index in [0.29, 0.717) is 23.9 Å². The molecule has 0 aliphatic carbocycles. The highest BCUT2D eigenvalue weighted by Gasteiger charge is 2.32. The lowest BCUT2D eigenvalue weighted by Crippen LogP contribution is -2.38. The van der Waals surface area contributed by atoms with E-state index in [2.05, 4.69) is 22.9 Å². The zero-order chi connectivity index (χ0) is 17.5. The highest BCUT2D eigenvalue weighted by atomic mass is 32.2. The van der Waals surface area contributed by atoms with Gasteiger partial charge in [-0.2, -0.15) is 15.6 Å². The van der Waals surface area contributed by atoms with Gasteiger partial charge in [-0.1, -0.05) is 6.07 Å². The summed E-state index contributed by atoms with van der Waals surface area (Å²) in [7, 11) is -3.42. The number of hydrogen-bond acceptors (Lipinski definition) is 3. The Morgan fingerprint density at radius 2 is 1.62 bits per heavy atom. The molecule has 1 fully saturated rings. The van der Waals surface area contributed by atoms with Gasteiger partial charge in [0.15, 0.2) is 0 Å². The molecule has 3 rings (SSSR count).